The fourth-order valence-electron chi connectivity index (χ4n) is 2.60. The van der Waals surface area contributed by atoms with Gasteiger partial charge in [-0.3, -0.25) is 4.79 Å². The number of carbonyl (C=O) groups is 1. The second-order valence-corrected chi connectivity index (χ2v) is 4.93. The molecule has 1 saturated heterocycles. The molecule has 1 fully saturated rings. The SMILES string of the molecule is Cc1ccc(C2CC(C(=O)O)CCN2)c(C)c1. The van der Waals surface area contributed by atoms with E-state index in [1.165, 1.54) is 16.7 Å². The lowest BCUT2D eigenvalue weighted by molar-refractivity contribution is -0.143. The predicted octanol–water partition coefficient (Wildman–Crippen LogP) is 2.43. The van der Waals surface area contributed by atoms with Crippen molar-refractivity contribution in [3.8, 4) is 0 Å². The van der Waals surface area contributed by atoms with Gasteiger partial charge in [0, 0.05) is 6.04 Å². The molecule has 0 saturated carbocycles. The molecule has 17 heavy (non-hydrogen) atoms. The van der Waals surface area contributed by atoms with Crippen molar-refractivity contribution in [3.63, 3.8) is 0 Å². The van der Waals surface area contributed by atoms with Crippen LogP contribution < -0.4 is 5.32 Å². The largest absolute Gasteiger partial charge is 0.481 e. The molecule has 0 spiro atoms. The molecule has 3 nitrogen and oxygen atoms in total. The van der Waals surface area contributed by atoms with Gasteiger partial charge in [0.05, 0.1) is 5.92 Å². The van der Waals surface area contributed by atoms with Crippen LogP contribution in [0.4, 0.5) is 0 Å². The Bertz CT molecular complexity index is 428. The van der Waals surface area contributed by atoms with Gasteiger partial charge >= 0.3 is 5.97 Å². The topological polar surface area (TPSA) is 49.3 Å². The van der Waals surface area contributed by atoms with Crippen molar-refractivity contribution in [2.45, 2.75) is 32.7 Å². The van der Waals surface area contributed by atoms with E-state index in [4.69, 9.17) is 5.11 Å². The molecule has 0 amide bonds. The molecule has 1 aromatic rings. The molecule has 3 heteroatoms. The van der Waals surface area contributed by atoms with Gasteiger partial charge in [-0.15, -0.1) is 0 Å². The van der Waals surface area contributed by atoms with Gasteiger partial charge in [-0.25, -0.2) is 0 Å². The van der Waals surface area contributed by atoms with E-state index in [1.54, 1.807) is 0 Å². The Hall–Kier alpha value is -1.35. The molecule has 2 rings (SSSR count). The van der Waals surface area contributed by atoms with Crippen molar-refractivity contribution in [3.05, 3.63) is 34.9 Å². The molecular weight excluding hydrogens is 214 g/mol. The molecule has 0 bridgehead atoms. The van der Waals surface area contributed by atoms with E-state index in [9.17, 15) is 4.79 Å². The Kier molecular flexibility index (Phi) is 3.48. The van der Waals surface area contributed by atoms with Gasteiger partial charge in [-0.05, 0) is 44.4 Å². The standard InChI is InChI=1S/C14H19NO2/c1-9-3-4-12(10(2)7-9)13-8-11(14(16)17)5-6-15-13/h3-4,7,11,13,15H,5-6,8H2,1-2H3,(H,16,17). The smallest absolute Gasteiger partial charge is 0.306 e. The number of benzene rings is 1. The molecule has 1 aliphatic heterocycles. The normalized spacial score (nSPS) is 24.6. The van der Waals surface area contributed by atoms with Crippen LogP contribution in [0.5, 0.6) is 0 Å². The Balaban J connectivity index is 2.19. The summed E-state index contributed by atoms with van der Waals surface area (Å²) in [4.78, 5) is 11.0. The highest BCUT2D eigenvalue weighted by atomic mass is 16.4. The number of rotatable bonds is 2. The van der Waals surface area contributed by atoms with E-state index in [2.05, 4.69) is 37.4 Å². The second-order valence-electron chi connectivity index (χ2n) is 4.93. The van der Waals surface area contributed by atoms with Crippen molar-refractivity contribution >= 4 is 5.97 Å². The number of nitrogens with one attached hydrogen (secondary N) is 1. The van der Waals surface area contributed by atoms with Crippen LogP contribution >= 0.6 is 0 Å². The summed E-state index contributed by atoms with van der Waals surface area (Å²) in [6, 6.07) is 6.55. The van der Waals surface area contributed by atoms with Crippen LogP contribution in [0, 0.1) is 19.8 Å². The van der Waals surface area contributed by atoms with Crippen LogP contribution in [0.25, 0.3) is 0 Å². The summed E-state index contributed by atoms with van der Waals surface area (Å²) in [6.07, 6.45) is 1.43. The fourth-order valence-corrected chi connectivity index (χ4v) is 2.60. The molecule has 2 atom stereocenters. The van der Waals surface area contributed by atoms with Crippen LogP contribution in [0.3, 0.4) is 0 Å². The summed E-state index contributed by atoms with van der Waals surface area (Å²) >= 11 is 0. The zero-order valence-corrected chi connectivity index (χ0v) is 10.4. The Morgan fingerprint density at radius 2 is 2.18 bits per heavy atom. The minimum atomic E-state index is -0.665. The zero-order valence-electron chi connectivity index (χ0n) is 10.4. The number of aryl methyl sites for hydroxylation is 2. The second kappa shape index (κ2) is 4.88. The van der Waals surface area contributed by atoms with Crippen LogP contribution in [-0.2, 0) is 4.79 Å². The fraction of sp³-hybridized carbons (Fsp3) is 0.500. The van der Waals surface area contributed by atoms with Gasteiger partial charge in [0.25, 0.3) is 0 Å². The quantitative estimate of drug-likeness (QED) is 0.824. The van der Waals surface area contributed by atoms with Crippen molar-refractivity contribution in [1.29, 1.82) is 0 Å². The molecule has 0 radical (unpaired) electrons. The summed E-state index contributed by atoms with van der Waals surface area (Å²) in [6.45, 7) is 4.95. The highest BCUT2D eigenvalue weighted by molar-refractivity contribution is 5.70. The molecule has 1 heterocycles. The first-order valence-electron chi connectivity index (χ1n) is 6.11. The summed E-state index contributed by atoms with van der Waals surface area (Å²) < 4.78 is 0. The van der Waals surface area contributed by atoms with E-state index < -0.39 is 5.97 Å². The zero-order chi connectivity index (χ0) is 12.4. The highest BCUT2D eigenvalue weighted by Gasteiger charge is 2.27. The first kappa shape index (κ1) is 12.1. The monoisotopic (exact) mass is 233 g/mol. The third-order valence-corrected chi connectivity index (χ3v) is 3.55. The number of hydrogen-bond acceptors (Lipinski definition) is 2. The summed E-state index contributed by atoms with van der Waals surface area (Å²) in [7, 11) is 0. The summed E-state index contributed by atoms with van der Waals surface area (Å²) in [5.41, 5.74) is 3.73. The molecule has 2 unspecified atom stereocenters. The lowest BCUT2D eigenvalue weighted by Gasteiger charge is -2.29. The van der Waals surface area contributed by atoms with Gasteiger partial charge in [-0.2, -0.15) is 0 Å². The van der Waals surface area contributed by atoms with Gasteiger partial charge in [-0.1, -0.05) is 23.8 Å². The molecule has 1 aliphatic rings. The summed E-state index contributed by atoms with van der Waals surface area (Å²) in [5.74, 6) is -0.872. The molecule has 92 valence electrons. The Morgan fingerprint density at radius 1 is 1.41 bits per heavy atom. The number of carboxylic acids is 1. The van der Waals surface area contributed by atoms with E-state index in [0.29, 0.717) is 6.42 Å². The first-order chi connectivity index (χ1) is 8.08. The maximum Gasteiger partial charge on any atom is 0.306 e. The van der Waals surface area contributed by atoms with E-state index >= 15 is 0 Å². The molecule has 2 N–H and O–H groups in total. The molecule has 0 aromatic heterocycles. The van der Waals surface area contributed by atoms with Crippen LogP contribution in [-0.4, -0.2) is 17.6 Å². The van der Waals surface area contributed by atoms with Gasteiger partial charge in [0.2, 0.25) is 0 Å². The van der Waals surface area contributed by atoms with Gasteiger partial charge in [0.15, 0.2) is 0 Å². The third-order valence-electron chi connectivity index (χ3n) is 3.55. The number of aliphatic carboxylic acids is 1. The van der Waals surface area contributed by atoms with Gasteiger partial charge < -0.3 is 10.4 Å². The van der Waals surface area contributed by atoms with Gasteiger partial charge in [0.1, 0.15) is 0 Å². The van der Waals surface area contributed by atoms with E-state index in [0.717, 1.165) is 13.0 Å². The molecular formula is C14H19NO2. The Morgan fingerprint density at radius 3 is 2.82 bits per heavy atom. The van der Waals surface area contributed by atoms with Crippen LogP contribution in [0.1, 0.15) is 35.6 Å². The average Bonchev–Trinajstić information content (AvgIpc) is 2.29. The van der Waals surface area contributed by atoms with Crippen LogP contribution in [0.15, 0.2) is 18.2 Å². The highest BCUT2D eigenvalue weighted by Crippen LogP contribution is 2.29. The molecule has 0 aliphatic carbocycles. The minimum absolute atomic E-state index is 0.186. The Labute approximate surface area is 102 Å². The van der Waals surface area contributed by atoms with E-state index in [1.807, 2.05) is 0 Å². The number of hydrogen-bond donors (Lipinski definition) is 2. The number of carboxylic acid groups (broad SMARTS) is 1. The van der Waals surface area contributed by atoms with Crippen molar-refractivity contribution < 1.29 is 9.90 Å². The lowest BCUT2D eigenvalue weighted by atomic mass is 9.87. The lowest BCUT2D eigenvalue weighted by Crippen LogP contribution is -2.35. The van der Waals surface area contributed by atoms with Crippen molar-refractivity contribution in [2.75, 3.05) is 6.54 Å². The maximum absolute atomic E-state index is 11.0. The van der Waals surface area contributed by atoms with Crippen molar-refractivity contribution in [2.24, 2.45) is 5.92 Å². The van der Waals surface area contributed by atoms with Crippen molar-refractivity contribution in [1.82, 2.24) is 5.32 Å². The van der Waals surface area contributed by atoms with Crippen LogP contribution in [0.2, 0.25) is 0 Å². The summed E-state index contributed by atoms with van der Waals surface area (Å²) in [5, 5.41) is 12.5. The predicted molar refractivity (Wildman–Crippen MR) is 67.0 cm³/mol. The average molecular weight is 233 g/mol. The minimum Gasteiger partial charge on any atom is -0.481 e. The third kappa shape index (κ3) is 2.67. The van der Waals surface area contributed by atoms with E-state index in [-0.39, 0.29) is 12.0 Å². The maximum atomic E-state index is 11.0. The first-order valence-corrected chi connectivity index (χ1v) is 6.11. The number of piperidine rings is 1. The molecule has 1 aromatic carbocycles.